The summed E-state index contributed by atoms with van der Waals surface area (Å²) in [5.41, 5.74) is 1.42. The van der Waals surface area contributed by atoms with Crippen LogP contribution >= 0.6 is 0 Å². The third kappa shape index (κ3) is 5.00. The fourth-order valence-corrected chi connectivity index (χ4v) is 2.53. The van der Waals surface area contributed by atoms with Gasteiger partial charge in [-0.2, -0.15) is 0 Å². The minimum atomic E-state index is -3.32. The van der Waals surface area contributed by atoms with E-state index in [0.717, 1.165) is 6.26 Å². The molecule has 0 bridgehead atoms. The highest BCUT2D eigenvalue weighted by Gasteiger charge is 2.12. The van der Waals surface area contributed by atoms with Crippen molar-refractivity contribution < 1.29 is 17.9 Å². The lowest BCUT2D eigenvalue weighted by atomic mass is 10.2. The van der Waals surface area contributed by atoms with Crippen LogP contribution < -0.4 is 14.8 Å². The first-order valence-electron chi connectivity index (χ1n) is 7.00. The van der Waals surface area contributed by atoms with Gasteiger partial charge >= 0.3 is 0 Å². The number of ether oxygens (including phenoxy) is 1. The topological polar surface area (TPSA) is 84.5 Å². The SMILES string of the molecule is CCOc1ccccc1C(=O)Nc1ccc(NS(C)(=O)=O)cc1. The number of benzene rings is 2. The Morgan fingerprint density at radius 3 is 2.26 bits per heavy atom. The van der Waals surface area contributed by atoms with E-state index in [2.05, 4.69) is 10.0 Å². The van der Waals surface area contributed by atoms with Crippen molar-refractivity contribution in [2.24, 2.45) is 0 Å². The molecular weight excluding hydrogens is 316 g/mol. The maximum Gasteiger partial charge on any atom is 0.259 e. The Hall–Kier alpha value is -2.54. The number of sulfonamides is 1. The minimum absolute atomic E-state index is 0.294. The lowest BCUT2D eigenvalue weighted by Gasteiger charge is -2.11. The maximum absolute atomic E-state index is 12.3. The van der Waals surface area contributed by atoms with Crippen molar-refractivity contribution in [1.82, 2.24) is 0 Å². The number of carbonyl (C=O) groups excluding carboxylic acids is 1. The highest BCUT2D eigenvalue weighted by Crippen LogP contribution is 2.20. The first kappa shape index (κ1) is 16.8. The van der Waals surface area contributed by atoms with Crippen molar-refractivity contribution in [2.45, 2.75) is 6.92 Å². The molecule has 7 heteroatoms. The number of rotatable bonds is 6. The molecule has 0 saturated heterocycles. The smallest absolute Gasteiger partial charge is 0.259 e. The van der Waals surface area contributed by atoms with Crippen LogP contribution in [0.5, 0.6) is 5.75 Å². The van der Waals surface area contributed by atoms with Gasteiger partial charge in [0.1, 0.15) is 5.75 Å². The summed E-state index contributed by atoms with van der Waals surface area (Å²) in [6.07, 6.45) is 1.08. The third-order valence-electron chi connectivity index (χ3n) is 2.88. The lowest BCUT2D eigenvalue weighted by Crippen LogP contribution is -2.14. The predicted molar refractivity (Wildman–Crippen MR) is 90.5 cm³/mol. The predicted octanol–water partition coefficient (Wildman–Crippen LogP) is 2.71. The maximum atomic E-state index is 12.3. The number of anilines is 2. The second-order valence-electron chi connectivity index (χ2n) is 4.83. The van der Waals surface area contributed by atoms with Gasteiger partial charge in [0.25, 0.3) is 5.91 Å². The Labute approximate surface area is 135 Å². The van der Waals surface area contributed by atoms with Gasteiger partial charge < -0.3 is 10.1 Å². The van der Waals surface area contributed by atoms with Crippen molar-refractivity contribution >= 4 is 27.3 Å². The van der Waals surface area contributed by atoms with Crippen LogP contribution in [-0.2, 0) is 10.0 Å². The van der Waals surface area contributed by atoms with Crippen LogP contribution in [0.1, 0.15) is 17.3 Å². The molecule has 0 heterocycles. The molecule has 0 aliphatic carbocycles. The molecule has 122 valence electrons. The van der Waals surface area contributed by atoms with Gasteiger partial charge in [-0.1, -0.05) is 12.1 Å². The number of para-hydroxylation sites is 1. The lowest BCUT2D eigenvalue weighted by molar-refractivity contribution is 0.102. The van der Waals surface area contributed by atoms with E-state index in [1.54, 1.807) is 48.5 Å². The van der Waals surface area contributed by atoms with Crippen LogP contribution in [0.25, 0.3) is 0 Å². The fraction of sp³-hybridized carbons (Fsp3) is 0.188. The van der Waals surface area contributed by atoms with E-state index in [0.29, 0.717) is 29.3 Å². The Kier molecular flexibility index (Phi) is 5.23. The number of nitrogens with one attached hydrogen (secondary N) is 2. The third-order valence-corrected chi connectivity index (χ3v) is 3.48. The summed E-state index contributed by atoms with van der Waals surface area (Å²) in [4.78, 5) is 12.3. The Balaban J connectivity index is 2.12. The van der Waals surface area contributed by atoms with Crippen LogP contribution in [0.3, 0.4) is 0 Å². The van der Waals surface area contributed by atoms with Crippen molar-refractivity contribution in [3.05, 3.63) is 54.1 Å². The molecule has 0 atom stereocenters. The van der Waals surface area contributed by atoms with Crippen molar-refractivity contribution in [1.29, 1.82) is 0 Å². The van der Waals surface area contributed by atoms with Crippen molar-refractivity contribution in [2.75, 3.05) is 22.9 Å². The van der Waals surface area contributed by atoms with Gasteiger partial charge in [-0.15, -0.1) is 0 Å². The van der Waals surface area contributed by atoms with E-state index in [9.17, 15) is 13.2 Å². The van der Waals surface area contributed by atoms with Gasteiger partial charge in [-0.05, 0) is 43.3 Å². The molecule has 0 aliphatic rings. The number of hydrogen-bond acceptors (Lipinski definition) is 4. The van der Waals surface area contributed by atoms with E-state index < -0.39 is 10.0 Å². The quantitative estimate of drug-likeness (QED) is 0.850. The van der Waals surface area contributed by atoms with Gasteiger partial charge in [-0.3, -0.25) is 9.52 Å². The van der Waals surface area contributed by atoms with Crippen LogP contribution in [-0.4, -0.2) is 27.2 Å². The Bertz CT molecular complexity index is 786. The molecule has 2 aromatic carbocycles. The molecule has 0 spiro atoms. The summed E-state index contributed by atoms with van der Waals surface area (Å²) < 4.78 is 30.1. The van der Waals surface area contributed by atoms with Gasteiger partial charge in [0, 0.05) is 11.4 Å². The largest absolute Gasteiger partial charge is 0.493 e. The van der Waals surface area contributed by atoms with Gasteiger partial charge in [-0.25, -0.2) is 8.42 Å². The molecule has 0 radical (unpaired) electrons. The average molecular weight is 334 g/mol. The monoisotopic (exact) mass is 334 g/mol. The minimum Gasteiger partial charge on any atom is -0.493 e. The number of carbonyl (C=O) groups is 1. The van der Waals surface area contributed by atoms with E-state index in [4.69, 9.17) is 4.74 Å². The van der Waals surface area contributed by atoms with E-state index in [-0.39, 0.29) is 5.91 Å². The van der Waals surface area contributed by atoms with Crippen molar-refractivity contribution in [3.63, 3.8) is 0 Å². The highest BCUT2D eigenvalue weighted by molar-refractivity contribution is 7.92. The van der Waals surface area contributed by atoms with Crippen LogP contribution in [0.2, 0.25) is 0 Å². The molecule has 6 nitrogen and oxygen atoms in total. The molecular formula is C16H18N2O4S. The second-order valence-corrected chi connectivity index (χ2v) is 6.58. The van der Waals surface area contributed by atoms with Crippen LogP contribution in [0.4, 0.5) is 11.4 Å². The summed E-state index contributed by atoms with van der Waals surface area (Å²) >= 11 is 0. The first-order chi connectivity index (χ1) is 10.9. The zero-order valence-electron chi connectivity index (χ0n) is 12.9. The molecule has 23 heavy (non-hydrogen) atoms. The fourth-order valence-electron chi connectivity index (χ4n) is 1.97. The highest BCUT2D eigenvalue weighted by atomic mass is 32.2. The Morgan fingerprint density at radius 2 is 1.65 bits per heavy atom. The normalized spacial score (nSPS) is 10.9. The molecule has 0 aromatic heterocycles. The molecule has 2 aromatic rings. The number of hydrogen-bond donors (Lipinski definition) is 2. The molecule has 0 fully saturated rings. The molecule has 2 N–H and O–H groups in total. The zero-order valence-corrected chi connectivity index (χ0v) is 13.7. The van der Waals surface area contributed by atoms with E-state index in [1.165, 1.54) is 0 Å². The van der Waals surface area contributed by atoms with Gasteiger partial charge in [0.15, 0.2) is 0 Å². The van der Waals surface area contributed by atoms with Gasteiger partial charge in [0.05, 0.1) is 18.4 Å². The summed E-state index contributed by atoms with van der Waals surface area (Å²) in [6, 6.07) is 13.4. The Morgan fingerprint density at radius 1 is 1.04 bits per heavy atom. The summed E-state index contributed by atoms with van der Waals surface area (Å²) in [5.74, 6) is 0.223. The standard InChI is InChI=1S/C16H18N2O4S/c1-3-22-15-7-5-4-6-14(15)16(19)17-12-8-10-13(11-9-12)18-23(2,20)21/h4-11,18H,3H2,1-2H3,(H,17,19). The van der Waals surface area contributed by atoms with Gasteiger partial charge in [0.2, 0.25) is 10.0 Å². The average Bonchev–Trinajstić information content (AvgIpc) is 2.48. The number of amides is 1. The van der Waals surface area contributed by atoms with Crippen LogP contribution in [0.15, 0.2) is 48.5 Å². The van der Waals surface area contributed by atoms with E-state index in [1.807, 2.05) is 6.92 Å². The molecule has 0 unspecified atom stereocenters. The molecule has 0 aliphatic heterocycles. The summed E-state index contributed by atoms with van der Waals surface area (Å²) in [6.45, 7) is 2.32. The summed E-state index contributed by atoms with van der Waals surface area (Å²) in [7, 11) is -3.32. The molecule has 2 rings (SSSR count). The van der Waals surface area contributed by atoms with Crippen molar-refractivity contribution in [3.8, 4) is 5.75 Å². The molecule has 1 amide bonds. The zero-order chi connectivity index (χ0) is 16.9. The first-order valence-corrected chi connectivity index (χ1v) is 8.89. The second kappa shape index (κ2) is 7.15. The molecule has 0 saturated carbocycles. The summed E-state index contributed by atoms with van der Waals surface area (Å²) in [5, 5.41) is 2.75. The van der Waals surface area contributed by atoms with E-state index >= 15 is 0 Å². The van der Waals surface area contributed by atoms with Crippen LogP contribution in [0, 0.1) is 0 Å².